The number of aliphatic hydroxyl groups is 1. The summed E-state index contributed by atoms with van der Waals surface area (Å²) in [4.78, 5) is 2.21. The number of sulfonamides is 1. The van der Waals surface area contributed by atoms with Crippen LogP contribution in [0.3, 0.4) is 0 Å². The lowest BCUT2D eigenvalue weighted by Gasteiger charge is -2.24. The maximum Gasteiger partial charge on any atom is 0.240 e. The van der Waals surface area contributed by atoms with Gasteiger partial charge in [0.05, 0.1) is 21.0 Å². The Morgan fingerprint density at radius 2 is 2.04 bits per heavy atom. The summed E-state index contributed by atoms with van der Waals surface area (Å²) in [6.45, 7) is 5.64. The Hall–Kier alpha value is -0.370. The van der Waals surface area contributed by atoms with Gasteiger partial charge in [0, 0.05) is 25.7 Å². The van der Waals surface area contributed by atoms with E-state index >= 15 is 0 Å². The Kier molecular flexibility index (Phi) is 6.33. The van der Waals surface area contributed by atoms with Gasteiger partial charge in [-0.2, -0.15) is 0 Å². The van der Waals surface area contributed by atoms with Crippen molar-refractivity contribution in [1.29, 1.82) is 0 Å². The lowest BCUT2D eigenvalue weighted by atomic mass is 10.1. The fourth-order valence-corrected chi connectivity index (χ4v) is 4.37. The third-order valence-corrected chi connectivity index (χ3v) is 6.23. The van der Waals surface area contributed by atoms with Crippen molar-refractivity contribution in [2.75, 3.05) is 19.6 Å². The van der Waals surface area contributed by atoms with Crippen LogP contribution in [0, 0.1) is 5.92 Å². The number of nitrogens with zero attached hydrogens (tertiary/aromatic N) is 1. The van der Waals surface area contributed by atoms with E-state index in [1.807, 2.05) is 0 Å². The second-order valence-corrected chi connectivity index (χ2v) is 8.81. The Morgan fingerprint density at radius 1 is 1.35 bits per heavy atom. The molecule has 2 unspecified atom stereocenters. The van der Waals surface area contributed by atoms with Gasteiger partial charge >= 0.3 is 0 Å². The Labute approximate surface area is 147 Å². The molecule has 0 aliphatic carbocycles. The van der Waals surface area contributed by atoms with Gasteiger partial charge in [-0.15, -0.1) is 0 Å². The van der Waals surface area contributed by atoms with E-state index in [0.717, 1.165) is 13.0 Å². The number of nitrogens with one attached hydrogen (secondary N) is 1. The van der Waals surface area contributed by atoms with Crippen molar-refractivity contribution in [2.45, 2.75) is 37.3 Å². The van der Waals surface area contributed by atoms with E-state index in [1.54, 1.807) is 0 Å². The number of hydrogen-bond acceptors (Lipinski definition) is 4. The Bertz CT molecular complexity index is 654. The first-order valence-electron chi connectivity index (χ1n) is 7.56. The molecule has 0 bridgehead atoms. The zero-order chi connectivity index (χ0) is 17.2. The van der Waals surface area contributed by atoms with Crippen LogP contribution in [0.5, 0.6) is 0 Å². The van der Waals surface area contributed by atoms with E-state index in [1.165, 1.54) is 18.2 Å². The largest absolute Gasteiger partial charge is 0.390 e. The highest BCUT2D eigenvalue weighted by molar-refractivity contribution is 7.89. The van der Waals surface area contributed by atoms with Crippen LogP contribution in [-0.4, -0.2) is 50.2 Å². The fourth-order valence-electron chi connectivity index (χ4n) is 2.91. The number of likely N-dealkylation sites (tertiary alicyclic amines) is 1. The van der Waals surface area contributed by atoms with Crippen LogP contribution >= 0.6 is 23.2 Å². The highest BCUT2D eigenvalue weighted by Gasteiger charge is 2.28. The van der Waals surface area contributed by atoms with Crippen LogP contribution in [0.25, 0.3) is 0 Å². The number of rotatable bonds is 6. The van der Waals surface area contributed by atoms with Crippen molar-refractivity contribution >= 4 is 33.2 Å². The molecule has 1 aromatic rings. The Balaban J connectivity index is 1.92. The van der Waals surface area contributed by atoms with Crippen molar-refractivity contribution in [3.8, 4) is 0 Å². The standard InChI is InChI=1S/C15H22Cl2N2O3S/c1-10-5-11(2)19(8-10)9-12(20)7-18-23(21,22)13-3-4-14(16)15(17)6-13/h3-4,6,10-12,18,20H,5,7-9H2,1-2H3/t10?,11?,12-/m0/s1. The smallest absolute Gasteiger partial charge is 0.240 e. The zero-order valence-corrected chi connectivity index (χ0v) is 15.5. The minimum Gasteiger partial charge on any atom is -0.390 e. The van der Waals surface area contributed by atoms with Gasteiger partial charge in [0.1, 0.15) is 0 Å². The molecule has 0 saturated carbocycles. The lowest BCUT2D eigenvalue weighted by Crippen LogP contribution is -2.41. The van der Waals surface area contributed by atoms with Gasteiger partial charge in [-0.3, -0.25) is 4.90 Å². The van der Waals surface area contributed by atoms with E-state index < -0.39 is 16.1 Å². The number of benzene rings is 1. The maximum absolute atomic E-state index is 12.2. The molecule has 1 fully saturated rings. The molecular weight excluding hydrogens is 359 g/mol. The van der Waals surface area contributed by atoms with E-state index in [4.69, 9.17) is 23.2 Å². The summed E-state index contributed by atoms with van der Waals surface area (Å²) in [5.41, 5.74) is 0. The van der Waals surface area contributed by atoms with Crippen LogP contribution < -0.4 is 4.72 Å². The molecule has 3 atom stereocenters. The normalized spacial score (nSPS) is 24.0. The number of aliphatic hydroxyl groups excluding tert-OH is 1. The number of hydrogen-bond donors (Lipinski definition) is 2. The summed E-state index contributed by atoms with van der Waals surface area (Å²) >= 11 is 11.6. The van der Waals surface area contributed by atoms with Crippen LogP contribution in [0.1, 0.15) is 20.3 Å². The molecule has 5 nitrogen and oxygen atoms in total. The minimum absolute atomic E-state index is 0.0299. The van der Waals surface area contributed by atoms with E-state index in [-0.39, 0.29) is 16.5 Å². The molecule has 1 aromatic carbocycles. The van der Waals surface area contributed by atoms with Gasteiger partial charge < -0.3 is 5.11 Å². The quantitative estimate of drug-likeness (QED) is 0.794. The first-order valence-corrected chi connectivity index (χ1v) is 9.80. The average Bonchev–Trinajstić information content (AvgIpc) is 2.77. The lowest BCUT2D eigenvalue weighted by molar-refractivity contribution is 0.111. The van der Waals surface area contributed by atoms with Crippen molar-refractivity contribution in [2.24, 2.45) is 5.92 Å². The van der Waals surface area contributed by atoms with Gasteiger partial charge in [0.25, 0.3) is 0 Å². The van der Waals surface area contributed by atoms with Gasteiger partial charge in [-0.1, -0.05) is 30.1 Å². The Morgan fingerprint density at radius 3 is 2.61 bits per heavy atom. The predicted molar refractivity (Wildman–Crippen MR) is 92.5 cm³/mol. The van der Waals surface area contributed by atoms with Crippen molar-refractivity contribution in [3.63, 3.8) is 0 Å². The molecular formula is C15H22Cl2N2O3S. The van der Waals surface area contributed by atoms with Crippen molar-refractivity contribution in [3.05, 3.63) is 28.2 Å². The third kappa shape index (κ3) is 5.05. The molecule has 0 spiro atoms. The molecule has 0 radical (unpaired) electrons. The highest BCUT2D eigenvalue weighted by Crippen LogP contribution is 2.25. The summed E-state index contributed by atoms with van der Waals surface area (Å²) < 4.78 is 26.8. The molecule has 0 aromatic heterocycles. The molecule has 2 rings (SSSR count). The third-order valence-electron chi connectivity index (χ3n) is 4.07. The molecule has 1 aliphatic heterocycles. The van der Waals surface area contributed by atoms with Crippen molar-refractivity contribution < 1.29 is 13.5 Å². The number of halogens is 2. The number of β-amino-alcohol motifs (C(OH)–C–C–N with tert-alkyl or cyclic N) is 1. The van der Waals surface area contributed by atoms with E-state index in [9.17, 15) is 13.5 Å². The van der Waals surface area contributed by atoms with Crippen LogP contribution in [0.15, 0.2) is 23.1 Å². The predicted octanol–water partition coefficient (Wildman–Crippen LogP) is 2.36. The summed E-state index contributed by atoms with van der Waals surface area (Å²) in [7, 11) is -3.72. The minimum atomic E-state index is -3.72. The van der Waals surface area contributed by atoms with E-state index in [0.29, 0.717) is 23.5 Å². The summed E-state index contributed by atoms with van der Waals surface area (Å²) in [6, 6.07) is 4.52. The fraction of sp³-hybridized carbons (Fsp3) is 0.600. The average molecular weight is 381 g/mol. The second kappa shape index (κ2) is 7.68. The monoisotopic (exact) mass is 380 g/mol. The highest BCUT2D eigenvalue weighted by atomic mass is 35.5. The molecule has 1 heterocycles. The maximum atomic E-state index is 12.2. The molecule has 130 valence electrons. The van der Waals surface area contributed by atoms with Gasteiger partial charge in [0.2, 0.25) is 10.0 Å². The summed E-state index contributed by atoms with van der Waals surface area (Å²) in [5, 5.41) is 10.6. The first kappa shape index (κ1) is 19.0. The molecule has 23 heavy (non-hydrogen) atoms. The van der Waals surface area contributed by atoms with Gasteiger partial charge in [0.15, 0.2) is 0 Å². The second-order valence-electron chi connectivity index (χ2n) is 6.23. The first-order chi connectivity index (χ1) is 10.7. The topological polar surface area (TPSA) is 69.6 Å². The SMILES string of the molecule is CC1CC(C)N(C[C@@H](O)CNS(=O)(=O)c2ccc(Cl)c(Cl)c2)C1. The van der Waals surface area contributed by atoms with Gasteiger partial charge in [-0.05, 0) is 37.5 Å². The van der Waals surface area contributed by atoms with Gasteiger partial charge in [-0.25, -0.2) is 13.1 Å². The van der Waals surface area contributed by atoms with Crippen LogP contribution in [0.2, 0.25) is 10.0 Å². The van der Waals surface area contributed by atoms with Crippen LogP contribution in [-0.2, 0) is 10.0 Å². The molecule has 1 aliphatic rings. The molecule has 8 heteroatoms. The zero-order valence-electron chi connectivity index (χ0n) is 13.2. The summed E-state index contributed by atoms with van der Waals surface area (Å²) in [6.07, 6.45) is 0.335. The molecule has 2 N–H and O–H groups in total. The van der Waals surface area contributed by atoms with Crippen LogP contribution in [0.4, 0.5) is 0 Å². The molecule has 0 amide bonds. The molecule has 1 saturated heterocycles. The van der Waals surface area contributed by atoms with E-state index in [2.05, 4.69) is 23.5 Å². The van der Waals surface area contributed by atoms with Crippen molar-refractivity contribution in [1.82, 2.24) is 9.62 Å². The summed E-state index contributed by atoms with van der Waals surface area (Å²) in [5.74, 6) is 0.602.